The monoisotopic (exact) mass is 519 g/mol. The molecule has 1 aromatic heterocycles. The number of halogens is 1. The van der Waals surface area contributed by atoms with Crippen molar-refractivity contribution < 1.29 is 14.4 Å². The molecule has 2 aliphatic heterocycles. The van der Waals surface area contributed by atoms with Gasteiger partial charge in [0.1, 0.15) is 6.54 Å². The van der Waals surface area contributed by atoms with Crippen LogP contribution in [-0.4, -0.2) is 44.5 Å². The Morgan fingerprint density at radius 3 is 2.58 bits per heavy atom. The average molecular weight is 520 g/mol. The molecule has 3 amide bonds. The van der Waals surface area contributed by atoms with Crippen LogP contribution < -0.4 is 0 Å². The molecule has 1 saturated heterocycles. The number of aryl methyl sites for hydroxylation is 1. The summed E-state index contributed by atoms with van der Waals surface area (Å²) in [6, 6.07) is 15.8. The maximum absolute atomic E-state index is 13.1. The van der Waals surface area contributed by atoms with Crippen molar-refractivity contribution in [1.82, 2.24) is 14.4 Å². The highest BCUT2D eigenvalue weighted by Gasteiger charge is 2.37. The molecule has 3 aromatic rings. The molecule has 2 aliphatic rings. The van der Waals surface area contributed by atoms with Crippen molar-refractivity contribution in [3.05, 3.63) is 92.1 Å². The van der Waals surface area contributed by atoms with E-state index < -0.39 is 11.1 Å². The smallest absolute Gasteiger partial charge is 0.294 e. The third-order valence-electron chi connectivity index (χ3n) is 6.89. The lowest BCUT2D eigenvalue weighted by molar-refractivity contribution is -0.136. The van der Waals surface area contributed by atoms with Crippen LogP contribution in [0.1, 0.15) is 33.6 Å². The third-order valence-corrected chi connectivity index (χ3v) is 8.20. The normalized spacial score (nSPS) is 16.7. The Morgan fingerprint density at radius 2 is 1.81 bits per heavy atom. The maximum atomic E-state index is 13.1. The molecule has 184 valence electrons. The molecule has 2 aromatic carbocycles. The van der Waals surface area contributed by atoms with Crippen LogP contribution in [0.25, 0.3) is 11.8 Å². The first kappa shape index (κ1) is 24.4. The largest absolute Gasteiger partial charge is 0.336 e. The first-order valence-corrected chi connectivity index (χ1v) is 13.0. The number of hydrogen-bond acceptors (Lipinski definition) is 4. The van der Waals surface area contributed by atoms with Crippen molar-refractivity contribution in [3.8, 4) is 5.69 Å². The lowest BCUT2D eigenvalue weighted by Gasteiger charge is -2.29. The van der Waals surface area contributed by atoms with E-state index in [0.29, 0.717) is 23.0 Å². The topological polar surface area (TPSA) is 62.6 Å². The van der Waals surface area contributed by atoms with Crippen LogP contribution in [0.15, 0.2) is 53.4 Å². The minimum absolute atomic E-state index is 0.220. The van der Waals surface area contributed by atoms with Gasteiger partial charge < -0.3 is 9.47 Å². The molecular formula is C28H26ClN3O3S. The van der Waals surface area contributed by atoms with Gasteiger partial charge in [0.05, 0.1) is 4.91 Å². The number of aromatic nitrogens is 1. The molecule has 36 heavy (non-hydrogen) atoms. The Morgan fingerprint density at radius 1 is 1.06 bits per heavy atom. The predicted octanol–water partition coefficient (Wildman–Crippen LogP) is 5.68. The lowest BCUT2D eigenvalue weighted by Crippen LogP contribution is -2.44. The van der Waals surface area contributed by atoms with Gasteiger partial charge in [-0.3, -0.25) is 19.3 Å². The molecule has 1 fully saturated rings. The van der Waals surface area contributed by atoms with E-state index in [1.165, 1.54) is 5.56 Å². The Kier molecular flexibility index (Phi) is 6.53. The molecule has 3 heterocycles. The summed E-state index contributed by atoms with van der Waals surface area (Å²) < 4.78 is 2.09. The first-order valence-electron chi connectivity index (χ1n) is 11.8. The number of thioether (sulfide) groups is 1. The van der Waals surface area contributed by atoms with E-state index in [0.717, 1.165) is 56.8 Å². The first-order chi connectivity index (χ1) is 17.2. The number of nitrogens with zero attached hydrogens (tertiary/aromatic N) is 3. The van der Waals surface area contributed by atoms with Crippen molar-refractivity contribution in [2.24, 2.45) is 0 Å². The van der Waals surface area contributed by atoms with E-state index in [2.05, 4.69) is 10.6 Å². The van der Waals surface area contributed by atoms with Crippen molar-refractivity contribution in [2.75, 3.05) is 13.1 Å². The highest BCUT2D eigenvalue weighted by Crippen LogP contribution is 2.34. The zero-order chi connectivity index (χ0) is 25.6. The summed E-state index contributed by atoms with van der Waals surface area (Å²) in [4.78, 5) is 41.9. The molecule has 6 nitrogen and oxygen atoms in total. The second-order valence-electron chi connectivity index (χ2n) is 9.15. The summed E-state index contributed by atoms with van der Waals surface area (Å²) in [5.41, 5.74) is 7.05. The lowest BCUT2D eigenvalue weighted by atomic mass is 10.00. The van der Waals surface area contributed by atoms with Crippen LogP contribution in [0, 0.1) is 20.8 Å². The Labute approximate surface area is 219 Å². The quantitative estimate of drug-likeness (QED) is 0.416. The van der Waals surface area contributed by atoms with Crippen molar-refractivity contribution in [1.29, 1.82) is 0 Å². The fourth-order valence-corrected chi connectivity index (χ4v) is 5.86. The van der Waals surface area contributed by atoms with Crippen molar-refractivity contribution in [3.63, 3.8) is 0 Å². The summed E-state index contributed by atoms with van der Waals surface area (Å²) >= 11 is 7.22. The summed E-state index contributed by atoms with van der Waals surface area (Å²) in [6.45, 7) is 6.77. The number of fused-ring (bicyclic) bond motifs is 1. The summed E-state index contributed by atoms with van der Waals surface area (Å²) in [5, 5.41) is 0.265. The molecule has 0 unspecified atom stereocenters. The number of carbonyl (C=O) groups excluding carboxylic acids is 3. The summed E-state index contributed by atoms with van der Waals surface area (Å²) in [5.74, 6) is -0.651. The van der Waals surface area contributed by atoms with E-state index in [1.807, 2.05) is 63.2 Å². The van der Waals surface area contributed by atoms with Crippen LogP contribution in [-0.2, 0) is 22.6 Å². The molecule has 0 N–H and O–H groups in total. The number of carbonyl (C=O) groups is 3. The van der Waals surface area contributed by atoms with Crippen LogP contribution in [0.5, 0.6) is 0 Å². The summed E-state index contributed by atoms with van der Waals surface area (Å²) in [6.07, 6.45) is 2.51. The number of benzene rings is 2. The second kappa shape index (κ2) is 9.64. The fourth-order valence-electron chi connectivity index (χ4n) is 4.86. The van der Waals surface area contributed by atoms with Gasteiger partial charge in [0.2, 0.25) is 5.91 Å². The van der Waals surface area contributed by atoms with Gasteiger partial charge in [-0.05, 0) is 85.5 Å². The Bertz CT molecular complexity index is 1440. The third kappa shape index (κ3) is 4.38. The van der Waals surface area contributed by atoms with E-state index in [4.69, 9.17) is 11.6 Å². The van der Waals surface area contributed by atoms with Crippen LogP contribution in [0.3, 0.4) is 0 Å². The second-order valence-corrected chi connectivity index (χ2v) is 10.5. The predicted molar refractivity (Wildman–Crippen MR) is 143 cm³/mol. The zero-order valence-corrected chi connectivity index (χ0v) is 21.9. The highest BCUT2D eigenvalue weighted by molar-refractivity contribution is 8.18. The van der Waals surface area contributed by atoms with Gasteiger partial charge in [-0.2, -0.15) is 0 Å². The Balaban J connectivity index is 1.35. The molecular weight excluding hydrogens is 494 g/mol. The molecule has 0 spiro atoms. The van der Waals surface area contributed by atoms with Crippen LogP contribution in [0.4, 0.5) is 4.79 Å². The maximum Gasteiger partial charge on any atom is 0.294 e. The van der Waals surface area contributed by atoms with Crippen molar-refractivity contribution >= 4 is 46.5 Å². The number of amides is 3. The minimum atomic E-state index is -0.431. The molecule has 8 heteroatoms. The molecule has 0 bridgehead atoms. The van der Waals surface area contributed by atoms with Gasteiger partial charge in [-0.25, -0.2) is 0 Å². The van der Waals surface area contributed by atoms with E-state index in [9.17, 15) is 14.4 Å². The average Bonchev–Trinajstić information content (AvgIpc) is 3.29. The van der Waals surface area contributed by atoms with Gasteiger partial charge in [-0.1, -0.05) is 41.9 Å². The molecule has 5 rings (SSSR count). The SMILES string of the molecule is Cc1c(Cl)cccc1-n1c(C)cc(/C=C2\SC(=O)N(CC(=O)N3CCc4ccccc4C3)C2=O)c1C. The molecule has 0 radical (unpaired) electrons. The summed E-state index contributed by atoms with van der Waals surface area (Å²) in [7, 11) is 0. The van der Waals surface area contributed by atoms with Gasteiger partial charge in [0.15, 0.2) is 0 Å². The molecule has 0 atom stereocenters. The van der Waals surface area contributed by atoms with Gasteiger partial charge in [0, 0.05) is 35.2 Å². The fraction of sp³-hybridized carbons (Fsp3) is 0.250. The minimum Gasteiger partial charge on any atom is -0.336 e. The number of imide groups is 1. The standard InChI is InChI=1S/C28H26ClN3O3S/c1-17-13-22(19(3)32(17)24-10-6-9-23(29)18(24)2)14-25-27(34)31(28(35)36-25)16-26(33)30-12-11-20-7-4-5-8-21(20)15-30/h4-10,13-14H,11-12,15-16H2,1-3H3/b25-14-. The van der Waals surface area contributed by atoms with E-state index >= 15 is 0 Å². The van der Waals surface area contributed by atoms with E-state index in [1.54, 1.807) is 11.0 Å². The van der Waals surface area contributed by atoms with Crippen LogP contribution >= 0.6 is 23.4 Å². The van der Waals surface area contributed by atoms with Gasteiger partial charge in [-0.15, -0.1) is 0 Å². The number of hydrogen-bond donors (Lipinski definition) is 0. The van der Waals surface area contributed by atoms with Gasteiger partial charge in [0.25, 0.3) is 11.1 Å². The molecule has 0 saturated carbocycles. The van der Waals surface area contributed by atoms with Gasteiger partial charge >= 0.3 is 0 Å². The molecule has 0 aliphatic carbocycles. The van der Waals surface area contributed by atoms with Crippen molar-refractivity contribution in [2.45, 2.75) is 33.7 Å². The van der Waals surface area contributed by atoms with E-state index in [-0.39, 0.29) is 12.5 Å². The highest BCUT2D eigenvalue weighted by atomic mass is 35.5. The van der Waals surface area contributed by atoms with Crippen LogP contribution in [0.2, 0.25) is 5.02 Å². The zero-order valence-electron chi connectivity index (χ0n) is 20.4. The number of rotatable bonds is 4. The Hall–Kier alpha value is -3.29.